The summed E-state index contributed by atoms with van der Waals surface area (Å²) in [7, 11) is 0. The standard InChI is InChI=1S/C16H28N2O/c1-5-18(10-14-6-7-14)11-15-8-16(19-13(15)4)9-17-12(2)3/h8,12,14,17H,5-7,9-11H2,1-4H3. The monoisotopic (exact) mass is 264 g/mol. The number of nitrogens with zero attached hydrogens (tertiary/aromatic N) is 1. The van der Waals surface area contributed by atoms with Crippen molar-refractivity contribution in [3.8, 4) is 0 Å². The lowest BCUT2D eigenvalue weighted by molar-refractivity contribution is 0.266. The molecule has 108 valence electrons. The van der Waals surface area contributed by atoms with Gasteiger partial charge in [-0.3, -0.25) is 4.90 Å². The third-order valence-electron chi connectivity index (χ3n) is 3.81. The normalized spacial score (nSPS) is 15.7. The topological polar surface area (TPSA) is 28.4 Å². The van der Waals surface area contributed by atoms with Crippen molar-refractivity contribution < 1.29 is 4.42 Å². The van der Waals surface area contributed by atoms with Crippen molar-refractivity contribution in [1.29, 1.82) is 0 Å². The summed E-state index contributed by atoms with van der Waals surface area (Å²) in [6, 6.07) is 2.72. The molecule has 0 spiro atoms. The van der Waals surface area contributed by atoms with Crippen molar-refractivity contribution in [2.24, 2.45) is 5.92 Å². The van der Waals surface area contributed by atoms with Crippen LogP contribution in [0, 0.1) is 12.8 Å². The average molecular weight is 264 g/mol. The van der Waals surface area contributed by atoms with Crippen molar-refractivity contribution in [2.75, 3.05) is 13.1 Å². The highest BCUT2D eigenvalue weighted by Gasteiger charge is 2.24. The van der Waals surface area contributed by atoms with Gasteiger partial charge >= 0.3 is 0 Å². The molecule has 2 rings (SSSR count). The highest BCUT2D eigenvalue weighted by molar-refractivity contribution is 5.20. The molecule has 3 nitrogen and oxygen atoms in total. The van der Waals surface area contributed by atoms with Gasteiger partial charge in [0.2, 0.25) is 0 Å². The van der Waals surface area contributed by atoms with Crippen molar-refractivity contribution in [2.45, 2.75) is 59.7 Å². The van der Waals surface area contributed by atoms with Crippen LogP contribution in [0.2, 0.25) is 0 Å². The summed E-state index contributed by atoms with van der Waals surface area (Å²) in [5.41, 5.74) is 1.35. The van der Waals surface area contributed by atoms with E-state index in [1.54, 1.807) is 0 Å². The number of nitrogens with one attached hydrogen (secondary N) is 1. The molecule has 0 amide bonds. The van der Waals surface area contributed by atoms with E-state index in [0.29, 0.717) is 6.04 Å². The van der Waals surface area contributed by atoms with Crippen LogP contribution in [0.25, 0.3) is 0 Å². The molecule has 1 aromatic heterocycles. The van der Waals surface area contributed by atoms with Crippen LogP contribution < -0.4 is 5.32 Å². The second-order valence-electron chi connectivity index (χ2n) is 6.10. The molecule has 1 aliphatic carbocycles. The predicted octanol–water partition coefficient (Wildman–Crippen LogP) is 3.32. The molecule has 1 fully saturated rings. The Hall–Kier alpha value is -0.800. The maximum Gasteiger partial charge on any atom is 0.118 e. The maximum atomic E-state index is 5.84. The molecule has 0 bridgehead atoms. The van der Waals surface area contributed by atoms with Gasteiger partial charge in [0.05, 0.1) is 6.54 Å². The molecule has 1 N–H and O–H groups in total. The zero-order valence-corrected chi connectivity index (χ0v) is 12.8. The second kappa shape index (κ2) is 6.58. The molecule has 0 atom stereocenters. The largest absolute Gasteiger partial charge is 0.465 e. The summed E-state index contributed by atoms with van der Waals surface area (Å²) in [5.74, 6) is 3.09. The summed E-state index contributed by atoms with van der Waals surface area (Å²) in [6.07, 6.45) is 2.84. The van der Waals surface area contributed by atoms with Crippen molar-refractivity contribution in [3.63, 3.8) is 0 Å². The number of hydrogen-bond donors (Lipinski definition) is 1. The van der Waals surface area contributed by atoms with Crippen LogP contribution in [0.3, 0.4) is 0 Å². The zero-order valence-electron chi connectivity index (χ0n) is 12.8. The number of furan rings is 1. The minimum atomic E-state index is 0.496. The summed E-state index contributed by atoms with van der Waals surface area (Å²) in [5, 5.41) is 3.40. The van der Waals surface area contributed by atoms with E-state index < -0.39 is 0 Å². The Labute approximate surface area is 117 Å². The Morgan fingerprint density at radius 2 is 2.16 bits per heavy atom. The van der Waals surface area contributed by atoms with E-state index in [4.69, 9.17) is 4.42 Å². The lowest BCUT2D eigenvalue weighted by Crippen LogP contribution is -2.25. The lowest BCUT2D eigenvalue weighted by atomic mass is 10.2. The Morgan fingerprint density at radius 3 is 2.74 bits per heavy atom. The van der Waals surface area contributed by atoms with Crippen LogP contribution in [0.15, 0.2) is 10.5 Å². The van der Waals surface area contributed by atoms with Crippen LogP contribution in [-0.2, 0) is 13.1 Å². The summed E-state index contributed by atoms with van der Waals surface area (Å²) < 4.78 is 5.84. The Balaban J connectivity index is 1.90. The first-order valence-electron chi connectivity index (χ1n) is 7.62. The third-order valence-corrected chi connectivity index (χ3v) is 3.81. The summed E-state index contributed by atoms with van der Waals surface area (Å²) in [6.45, 7) is 12.9. The van der Waals surface area contributed by atoms with Gasteiger partial charge in [0.15, 0.2) is 0 Å². The van der Waals surface area contributed by atoms with Crippen LogP contribution in [0.5, 0.6) is 0 Å². The van der Waals surface area contributed by atoms with Gasteiger partial charge in [0.25, 0.3) is 0 Å². The smallest absolute Gasteiger partial charge is 0.118 e. The molecule has 1 aromatic rings. The average Bonchev–Trinajstić information content (AvgIpc) is 3.10. The van der Waals surface area contributed by atoms with E-state index in [1.807, 2.05) is 0 Å². The first-order chi connectivity index (χ1) is 9.08. The Morgan fingerprint density at radius 1 is 1.42 bits per heavy atom. The molecular weight excluding hydrogens is 236 g/mol. The third kappa shape index (κ3) is 4.66. The minimum Gasteiger partial charge on any atom is -0.465 e. The zero-order chi connectivity index (χ0) is 13.8. The summed E-state index contributed by atoms with van der Waals surface area (Å²) in [4.78, 5) is 2.54. The fourth-order valence-corrected chi connectivity index (χ4v) is 2.35. The van der Waals surface area contributed by atoms with Gasteiger partial charge in [-0.1, -0.05) is 20.8 Å². The Kier molecular flexibility index (Phi) is 5.06. The van der Waals surface area contributed by atoms with Crippen LogP contribution in [0.1, 0.15) is 50.7 Å². The van der Waals surface area contributed by atoms with E-state index in [2.05, 4.69) is 44.0 Å². The van der Waals surface area contributed by atoms with Crippen LogP contribution in [0.4, 0.5) is 0 Å². The van der Waals surface area contributed by atoms with E-state index in [-0.39, 0.29) is 0 Å². The van der Waals surface area contributed by atoms with Crippen molar-refractivity contribution in [1.82, 2.24) is 10.2 Å². The highest BCUT2D eigenvalue weighted by Crippen LogP contribution is 2.30. The van der Waals surface area contributed by atoms with E-state index in [9.17, 15) is 0 Å². The maximum absolute atomic E-state index is 5.84. The molecule has 1 heterocycles. The van der Waals surface area contributed by atoms with Gasteiger partial charge in [-0.25, -0.2) is 0 Å². The molecule has 1 saturated carbocycles. The van der Waals surface area contributed by atoms with E-state index >= 15 is 0 Å². The molecule has 1 aliphatic rings. The fraction of sp³-hybridized carbons (Fsp3) is 0.750. The van der Waals surface area contributed by atoms with Gasteiger partial charge in [-0.05, 0) is 38.3 Å². The van der Waals surface area contributed by atoms with Gasteiger partial charge in [-0.15, -0.1) is 0 Å². The second-order valence-corrected chi connectivity index (χ2v) is 6.10. The van der Waals surface area contributed by atoms with Gasteiger partial charge in [0, 0.05) is 24.7 Å². The number of hydrogen-bond acceptors (Lipinski definition) is 3. The lowest BCUT2D eigenvalue weighted by Gasteiger charge is -2.19. The summed E-state index contributed by atoms with van der Waals surface area (Å²) >= 11 is 0. The van der Waals surface area contributed by atoms with Gasteiger partial charge in [-0.2, -0.15) is 0 Å². The van der Waals surface area contributed by atoms with Crippen molar-refractivity contribution in [3.05, 3.63) is 23.2 Å². The van der Waals surface area contributed by atoms with E-state index in [1.165, 1.54) is 24.9 Å². The van der Waals surface area contributed by atoms with E-state index in [0.717, 1.165) is 37.1 Å². The quantitative estimate of drug-likeness (QED) is 0.781. The molecule has 0 radical (unpaired) electrons. The minimum absolute atomic E-state index is 0.496. The van der Waals surface area contributed by atoms with Crippen LogP contribution in [-0.4, -0.2) is 24.0 Å². The molecule has 0 aromatic carbocycles. The van der Waals surface area contributed by atoms with Crippen LogP contribution >= 0.6 is 0 Å². The fourth-order valence-electron chi connectivity index (χ4n) is 2.35. The molecule has 0 aliphatic heterocycles. The first-order valence-corrected chi connectivity index (χ1v) is 7.62. The number of aryl methyl sites for hydroxylation is 1. The highest BCUT2D eigenvalue weighted by atomic mass is 16.3. The predicted molar refractivity (Wildman–Crippen MR) is 79.1 cm³/mol. The molecule has 3 heteroatoms. The van der Waals surface area contributed by atoms with Crippen molar-refractivity contribution >= 4 is 0 Å². The molecule has 19 heavy (non-hydrogen) atoms. The SMILES string of the molecule is CCN(Cc1cc(CNC(C)C)oc1C)CC1CC1. The van der Waals surface area contributed by atoms with Gasteiger partial charge in [0.1, 0.15) is 11.5 Å². The molecule has 0 unspecified atom stereocenters. The van der Waals surface area contributed by atoms with Gasteiger partial charge < -0.3 is 9.73 Å². The molecule has 0 saturated heterocycles. The molecular formula is C16H28N2O. The Bertz CT molecular complexity index is 393. The number of rotatable bonds is 8. The first kappa shape index (κ1) is 14.6.